The van der Waals surface area contributed by atoms with E-state index in [1.807, 2.05) is 13.8 Å². The molecule has 1 aromatic rings. The van der Waals surface area contributed by atoms with Crippen LogP contribution in [0.5, 0.6) is 5.75 Å². The van der Waals surface area contributed by atoms with Crippen LogP contribution >= 0.6 is 0 Å². The Morgan fingerprint density at radius 1 is 1.22 bits per heavy atom. The van der Waals surface area contributed by atoms with Crippen molar-refractivity contribution in [2.45, 2.75) is 38.5 Å². The predicted molar refractivity (Wildman–Crippen MR) is 78.3 cm³/mol. The highest BCUT2D eigenvalue weighted by molar-refractivity contribution is 5.79. The van der Waals surface area contributed by atoms with Crippen LogP contribution in [-0.2, 0) is 16.0 Å². The van der Waals surface area contributed by atoms with Crippen molar-refractivity contribution in [3.63, 3.8) is 0 Å². The molecule has 0 aliphatic carbocycles. The van der Waals surface area contributed by atoms with E-state index in [0.717, 1.165) is 5.56 Å². The molecule has 1 aliphatic heterocycles. The number of carbonyl (C=O) groups excluding carboxylic acids is 1. The second-order valence-corrected chi connectivity index (χ2v) is 5.76. The fourth-order valence-corrected chi connectivity index (χ4v) is 2.63. The third kappa shape index (κ3) is 5.13. The number of benzene rings is 1. The van der Waals surface area contributed by atoms with Gasteiger partial charge in [-0.25, -0.2) is 0 Å². The van der Waals surface area contributed by atoms with E-state index in [-0.39, 0.29) is 30.2 Å². The minimum Gasteiger partial charge on any atom is -0.484 e. The average Bonchev–Trinajstić information content (AvgIpc) is 2.45. The summed E-state index contributed by atoms with van der Waals surface area (Å²) in [5.74, 6) is 0.115. The standard InChI is InChI=1S/C16H20F3NO3/c1-11-8-22-9-12(2)20(11)15(21)7-13-3-5-14(6-4-13)23-10-16(17,18)19/h3-6,11-12H,7-10H2,1-2H3/t11-,12+. The highest BCUT2D eigenvalue weighted by Crippen LogP contribution is 2.20. The van der Waals surface area contributed by atoms with Crippen LogP contribution in [0.2, 0.25) is 0 Å². The van der Waals surface area contributed by atoms with Gasteiger partial charge >= 0.3 is 6.18 Å². The van der Waals surface area contributed by atoms with Gasteiger partial charge in [0.05, 0.1) is 31.7 Å². The third-order valence-electron chi connectivity index (χ3n) is 3.64. The highest BCUT2D eigenvalue weighted by atomic mass is 19.4. The molecule has 2 rings (SSSR count). The molecule has 23 heavy (non-hydrogen) atoms. The first-order valence-corrected chi connectivity index (χ1v) is 7.43. The number of alkyl halides is 3. The average molecular weight is 331 g/mol. The molecule has 0 saturated carbocycles. The first-order chi connectivity index (χ1) is 10.8. The van der Waals surface area contributed by atoms with E-state index >= 15 is 0 Å². The minimum atomic E-state index is -4.36. The van der Waals surface area contributed by atoms with Gasteiger partial charge in [0.1, 0.15) is 5.75 Å². The molecular weight excluding hydrogens is 311 g/mol. The Bertz CT molecular complexity index is 520. The number of rotatable bonds is 4. The minimum absolute atomic E-state index is 0.0145. The van der Waals surface area contributed by atoms with Crippen LogP contribution in [0.15, 0.2) is 24.3 Å². The van der Waals surface area contributed by atoms with Crippen LogP contribution in [0, 0.1) is 0 Å². The van der Waals surface area contributed by atoms with Crippen LogP contribution in [0.3, 0.4) is 0 Å². The molecule has 1 fully saturated rings. The molecule has 0 radical (unpaired) electrons. The van der Waals surface area contributed by atoms with Crippen molar-refractivity contribution in [3.05, 3.63) is 29.8 Å². The zero-order chi connectivity index (χ0) is 17.0. The van der Waals surface area contributed by atoms with E-state index in [1.165, 1.54) is 12.1 Å². The topological polar surface area (TPSA) is 38.8 Å². The summed E-state index contributed by atoms with van der Waals surface area (Å²) in [4.78, 5) is 14.2. The summed E-state index contributed by atoms with van der Waals surface area (Å²) in [6, 6.07) is 6.14. The number of carbonyl (C=O) groups is 1. The molecule has 0 bridgehead atoms. The van der Waals surface area contributed by atoms with Crippen molar-refractivity contribution >= 4 is 5.91 Å². The highest BCUT2D eigenvalue weighted by Gasteiger charge is 2.30. The van der Waals surface area contributed by atoms with E-state index in [4.69, 9.17) is 4.74 Å². The van der Waals surface area contributed by atoms with Gasteiger partial charge in [-0.1, -0.05) is 12.1 Å². The van der Waals surface area contributed by atoms with Crippen LogP contribution in [0.4, 0.5) is 13.2 Å². The molecule has 1 aliphatic rings. The van der Waals surface area contributed by atoms with Gasteiger partial charge in [0, 0.05) is 0 Å². The molecule has 0 spiro atoms. The maximum absolute atomic E-state index is 12.4. The Kier molecular flexibility index (Phi) is 5.51. The molecule has 1 aromatic carbocycles. The van der Waals surface area contributed by atoms with Crippen molar-refractivity contribution in [1.29, 1.82) is 0 Å². The normalized spacial score (nSPS) is 22.0. The fourth-order valence-electron chi connectivity index (χ4n) is 2.63. The molecule has 1 amide bonds. The van der Waals surface area contributed by atoms with Crippen molar-refractivity contribution in [3.8, 4) is 5.75 Å². The second kappa shape index (κ2) is 7.21. The number of hydrogen-bond acceptors (Lipinski definition) is 3. The molecule has 1 heterocycles. The van der Waals surface area contributed by atoms with Gasteiger partial charge in [0.15, 0.2) is 6.61 Å². The van der Waals surface area contributed by atoms with Crippen LogP contribution in [-0.4, -0.2) is 48.9 Å². The van der Waals surface area contributed by atoms with Crippen molar-refractivity contribution in [2.24, 2.45) is 0 Å². The first kappa shape index (κ1) is 17.6. The number of hydrogen-bond donors (Lipinski definition) is 0. The molecule has 0 N–H and O–H groups in total. The number of morpholine rings is 1. The van der Waals surface area contributed by atoms with E-state index in [1.54, 1.807) is 17.0 Å². The van der Waals surface area contributed by atoms with Gasteiger partial charge in [0.25, 0.3) is 0 Å². The predicted octanol–water partition coefficient (Wildman–Crippen LogP) is 2.81. The Labute approximate surface area is 133 Å². The Hall–Kier alpha value is -1.76. The summed E-state index contributed by atoms with van der Waals surface area (Å²) in [7, 11) is 0. The largest absolute Gasteiger partial charge is 0.484 e. The van der Waals surface area contributed by atoms with E-state index in [0.29, 0.717) is 13.2 Å². The smallest absolute Gasteiger partial charge is 0.422 e. The SMILES string of the molecule is C[C@@H]1COC[C@H](C)N1C(=O)Cc1ccc(OCC(F)(F)F)cc1. The maximum atomic E-state index is 12.4. The maximum Gasteiger partial charge on any atom is 0.422 e. The summed E-state index contributed by atoms with van der Waals surface area (Å²) in [5.41, 5.74) is 0.736. The Balaban J connectivity index is 1.93. The molecule has 0 unspecified atom stereocenters. The van der Waals surface area contributed by atoms with Gasteiger partial charge in [-0.2, -0.15) is 13.2 Å². The monoisotopic (exact) mass is 331 g/mol. The summed E-state index contributed by atoms with van der Waals surface area (Å²) in [5, 5.41) is 0. The van der Waals surface area contributed by atoms with Gasteiger partial charge in [-0.05, 0) is 31.5 Å². The number of ether oxygens (including phenoxy) is 2. The summed E-state index contributed by atoms with van der Waals surface area (Å²) < 4.78 is 46.3. The van der Waals surface area contributed by atoms with Gasteiger partial charge < -0.3 is 14.4 Å². The number of amides is 1. The number of nitrogens with zero attached hydrogens (tertiary/aromatic N) is 1. The molecule has 4 nitrogen and oxygen atoms in total. The van der Waals surface area contributed by atoms with Crippen LogP contribution in [0.1, 0.15) is 19.4 Å². The lowest BCUT2D eigenvalue weighted by atomic mass is 10.1. The zero-order valence-electron chi connectivity index (χ0n) is 13.1. The van der Waals surface area contributed by atoms with Gasteiger partial charge in [0.2, 0.25) is 5.91 Å². The van der Waals surface area contributed by atoms with E-state index in [2.05, 4.69) is 4.74 Å². The lowest BCUT2D eigenvalue weighted by molar-refractivity contribution is -0.153. The summed E-state index contributed by atoms with van der Waals surface area (Å²) >= 11 is 0. The third-order valence-corrected chi connectivity index (χ3v) is 3.64. The molecule has 1 saturated heterocycles. The lowest BCUT2D eigenvalue weighted by Gasteiger charge is -2.38. The van der Waals surface area contributed by atoms with E-state index in [9.17, 15) is 18.0 Å². The van der Waals surface area contributed by atoms with Crippen molar-refractivity contribution in [1.82, 2.24) is 4.90 Å². The molecule has 0 aromatic heterocycles. The Morgan fingerprint density at radius 3 is 2.30 bits per heavy atom. The van der Waals surface area contributed by atoms with Crippen molar-refractivity contribution < 1.29 is 27.4 Å². The van der Waals surface area contributed by atoms with Crippen LogP contribution < -0.4 is 4.74 Å². The summed E-state index contributed by atoms with van der Waals surface area (Å²) in [6.45, 7) is 3.57. The fraction of sp³-hybridized carbons (Fsp3) is 0.562. The molecule has 128 valence electrons. The lowest BCUT2D eigenvalue weighted by Crippen LogP contribution is -2.53. The quantitative estimate of drug-likeness (QED) is 0.852. The van der Waals surface area contributed by atoms with Crippen LogP contribution in [0.25, 0.3) is 0 Å². The van der Waals surface area contributed by atoms with Gasteiger partial charge in [-0.3, -0.25) is 4.79 Å². The van der Waals surface area contributed by atoms with Crippen molar-refractivity contribution in [2.75, 3.05) is 19.8 Å². The molecule has 7 heteroatoms. The first-order valence-electron chi connectivity index (χ1n) is 7.43. The zero-order valence-corrected chi connectivity index (χ0v) is 13.1. The molecule has 2 atom stereocenters. The van der Waals surface area contributed by atoms with E-state index < -0.39 is 12.8 Å². The molecular formula is C16H20F3NO3. The van der Waals surface area contributed by atoms with Gasteiger partial charge in [-0.15, -0.1) is 0 Å². The summed E-state index contributed by atoms with van der Waals surface area (Å²) in [6.07, 6.45) is -4.16. The second-order valence-electron chi connectivity index (χ2n) is 5.76. The Morgan fingerprint density at radius 2 is 1.78 bits per heavy atom. The number of halogens is 3.